The van der Waals surface area contributed by atoms with Gasteiger partial charge in [0.2, 0.25) is 5.95 Å². The fraction of sp³-hybridized carbons (Fsp3) is 0.308. The summed E-state index contributed by atoms with van der Waals surface area (Å²) >= 11 is 0. The van der Waals surface area contributed by atoms with Crippen LogP contribution in [0.15, 0.2) is 59.8 Å². The highest BCUT2D eigenvalue weighted by molar-refractivity contribution is 6.00. The second-order valence-corrected chi connectivity index (χ2v) is 9.74. The molecule has 2 heterocycles. The lowest BCUT2D eigenvalue weighted by molar-refractivity contribution is -0.118. The molecule has 0 fully saturated rings. The zero-order chi connectivity index (χ0) is 23.3. The van der Waals surface area contributed by atoms with E-state index in [1.165, 1.54) is 0 Å². The van der Waals surface area contributed by atoms with Gasteiger partial charge >= 0.3 is 0 Å². The van der Waals surface area contributed by atoms with Crippen molar-refractivity contribution in [2.75, 3.05) is 24.3 Å². The quantitative estimate of drug-likeness (QED) is 0.646. The molecule has 166 valence electrons. The number of rotatable bonds is 3. The molecule has 0 bridgehead atoms. The van der Waals surface area contributed by atoms with E-state index < -0.39 is 0 Å². The van der Waals surface area contributed by atoms with Gasteiger partial charge in [-0.2, -0.15) is 10.2 Å². The molecule has 2 aromatic carbocycles. The number of ketones is 1. The maximum Gasteiger partial charge on any atom is 0.226 e. The van der Waals surface area contributed by atoms with Crippen molar-refractivity contribution in [2.24, 2.45) is 5.41 Å². The number of aromatic nitrogens is 3. The molecule has 1 atom stereocenters. The van der Waals surface area contributed by atoms with E-state index in [4.69, 9.17) is 10.1 Å². The molecule has 7 nitrogen and oxygen atoms in total. The van der Waals surface area contributed by atoms with Gasteiger partial charge in [-0.05, 0) is 53.8 Å². The molecule has 7 heteroatoms. The van der Waals surface area contributed by atoms with Crippen LogP contribution < -0.4 is 10.2 Å². The van der Waals surface area contributed by atoms with Crippen LogP contribution in [0, 0.1) is 16.7 Å². The summed E-state index contributed by atoms with van der Waals surface area (Å²) in [5.74, 6) is 1.36. The van der Waals surface area contributed by atoms with Crippen molar-refractivity contribution >= 4 is 17.4 Å². The van der Waals surface area contributed by atoms with E-state index in [2.05, 4.69) is 25.2 Å². The van der Waals surface area contributed by atoms with E-state index in [0.717, 1.165) is 34.5 Å². The number of carbonyl (C=O) groups excluding carboxylic acids is 1. The Hall–Kier alpha value is -3.92. The SMILES string of the molecule is CN(C)c1ccc(-c2nc3n(n2)C(c2ccc(C#N)cc2)C2=C(CC(C)(C)CC2=O)N3)cc1. The summed E-state index contributed by atoms with van der Waals surface area (Å²) in [5, 5.41) is 17.5. The number of allylic oxidation sites excluding steroid dienone is 2. The molecule has 0 saturated heterocycles. The van der Waals surface area contributed by atoms with Crippen LogP contribution in [0.3, 0.4) is 0 Å². The Morgan fingerprint density at radius 2 is 1.79 bits per heavy atom. The lowest BCUT2D eigenvalue weighted by Crippen LogP contribution is -2.36. The summed E-state index contributed by atoms with van der Waals surface area (Å²) in [5.41, 5.74) is 5.04. The number of carbonyl (C=O) groups is 1. The van der Waals surface area contributed by atoms with Crippen LogP contribution in [-0.4, -0.2) is 34.6 Å². The molecule has 33 heavy (non-hydrogen) atoms. The van der Waals surface area contributed by atoms with Crippen LogP contribution in [0.4, 0.5) is 11.6 Å². The molecule has 3 aromatic rings. The number of hydrogen-bond donors (Lipinski definition) is 1. The van der Waals surface area contributed by atoms with Gasteiger partial charge in [-0.25, -0.2) is 4.68 Å². The van der Waals surface area contributed by atoms with Gasteiger partial charge in [0.1, 0.15) is 6.04 Å². The predicted octanol–water partition coefficient (Wildman–Crippen LogP) is 4.54. The van der Waals surface area contributed by atoms with Crippen LogP contribution in [0.5, 0.6) is 0 Å². The number of nitriles is 1. The fourth-order valence-corrected chi connectivity index (χ4v) is 4.69. The third-order valence-corrected chi connectivity index (χ3v) is 6.33. The molecule has 1 aromatic heterocycles. The normalized spacial score (nSPS) is 18.8. The second-order valence-electron chi connectivity index (χ2n) is 9.74. The predicted molar refractivity (Wildman–Crippen MR) is 128 cm³/mol. The van der Waals surface area contributed by atoms with E-state index in [1.807, 2.05) is 60.1 Å². The molecular formula is C26H26N6O. The van der Waals surface area contributed by atoms with Crippen molar-refractivity contribution in [1.82, 2.24) is 14.8 Å². The minimum atomic E-state index is -0.380. The number of Topliss-reactive ketones (excluding diaryl/α,β-unsaturated/α-hetero) is 1. The summed E-state index contributed by atoms with van der Waals surface area (Å²) < 4.78 is 1.81. The van der Waals surface area contributed by atoms with Gasteiger partial charge in [0.15, 0.2) is 11.6 Å². The molecule has 1 N–H and O–H groups in total. The molecule has 0 spiro atoms. The Balaban J connectivity index is 1.63. The summed E-state index contributed by atoms with van der Waals surface area (Å²) in [4.78, 5) is 20.2. The second kappa shape index (κ2) is 7.59. The van der Waals surface area contributed by atoms with Crippen molar-refractivity contribution in [3.63, 3.8) is 0 Å². The first kappa shape index (κ1) is 21.0. The van der Waals surface area contributed by atoms with Gasteiger partial charge < -0.3 is 10.2 Å². The summed E-state index contributed by atoms with van der Waals surface area (Å²) in [6.45, 7) is 4.23. The zero-order valence-electron chi connectivity index (χ0n) is 19.3. The van der Waals surface area contributed by atoms with E-state index >= 15 is 0 Å². The van der Waals surface area contributed by atoms with Gasteiger partial charge in [-0.1, -0.05) is 26.0 Å². The van der Waals surface area contributed by atoms with Crippen LogP contribution >= 0.6 is 0 Å². The number of benzene rings is 2. The van der Waals surface area contributed by atoms with Gasteiger partial charge in [0, 0.05) is 43.0 Å². The maximum atomic E-state index is 13.3. The van der Waals surface area contributed by atoms with Crippen LogP contribution in [0.2, 0.25) is 0 Å². The average molecular weight is 439 g/mol. The minimum Gasteiger partial charge on any atom is -0.378 e. The van der Waals surface area contributed by atoms with Gasteiger partial charge in [-0.15, -0.1) is 5.10 Å². The van der Waals surface area contributed by atoms with Gasteiger partial charge in [0.05, 0.1) is 11.6 Å². The zero-order valence-corrected chi connectivity index (χ0v) is 19.3. The Bertz CT molecular complexity index is 1310. The fourth-order valence-electron chi connectivity index (χ4n) is 4.69. The molecule has 1 aliphatic heterocycles. The summed E-state index contributed by atoms with van der Waals surface area (Å²) in [6, 6.07) is 17.3. The van der Waals surface area contributed by atoms with Gasteiger partial charge in [0.25, 0.3) is 0 Å². The number of fused-ring (bicyclic) bond motifs is 1. The molecule has 2 aliphatic rings. The number of nitrogens with zero attached hydrogens (tertiary/aromatic N) is 5. The standard InChI is InChI=1S/C26H26N6O/c1-26(2)13-20-22(21(33)14-26)23(17-7-5-16(15-27)6-8-17)32-25(28-20)29-24(30-32)18-9-11-19(12-10-18)31(3)4/h5-12,23H,13-14H2,1-4H3,(H,28,29,30). The van der Waals surface area contributed by atoms with E-state index in [1.54, 1.807) is 12.1 Å². The molecule has 0 saturated carbocycles. The number of hydrogen-bond acceptors (Lipinski definition) is 6. The highest BCUT2D eigenvalue weighted by Crippen LogP contribution is 2.45. The van der Waals surface area contributed by atoms with Crippen molar-refractivity contribution in [3.8, 4) is 17.5 Å². The molecule has 1 unspecified atom stereocenters. The van der Waals surface area contributed by atoms with Gasteiger partial charge in [-0.3, -0.25) is 4.79 Å². The first-order chi connectivity index (χ1) is 15.8. The van der Waals surface area contributed by atoms with Crippen molar-refractivity contribution in [1.29, 1.82) is 5.26 Å². The number of anilines is 2. The van der Waals surface area contributed by atoms with Crippen LogP contribution in [-0.2, 0) is 4.79 Å². The van der Waals surface area contributed by atoms with Crippen LogP contribution in [0.25, 0.3) is 11.4 Å². The highest BCUT2D eigenvalue weighted by atomic mass is 16.1. The van der Waals surface area contributed by atoms with E-state index in [9.17, 15) is 10.1 Å². The number of nitrogens with one attached hydrogen (secondary N) is 1. The lowest BCUT2D eigenvalue weighted by atomic mass is 9.73. The van der Waals surface area contributed by atoms with Crippen LogP contribution in [0.1, 0.15) is 43.9 Å². The lowest BCUT2D eigenvalue weighted by Gasteiger charge is -2.38. The smallest absolute Gasteiger partial charge is 0.226 e. The Labute approximate surface area is 193 Å². The summed E-state index contributed by atoms with van der Waals surface area (Å²) in [6.07, 6.45) is 1.25. The Morgan fingerprint density at radius 3 is 2.42 bits per heavy atom. The highest BCUT2D eigenvalue weighted by Gasteiger charge is 2.41. The minimum absolute atomic E-state index is 0.120. The monoisotopic (exact) mass is 438 g/mol. The topological polar surface area (TPSA) is 86.8 Å². The third-order valence-electron chi connectivity index (χ3n) is 6.33. The molecular weight excluding hydrogens is 412 g/mol. The van der Waals surface area contributed by atoms with E-state index in [0.29, 0.717) is 23.8 Å². The van der Waals surface area contributed by atoms with Crippen molar-refractivity contribution in [2.45, 2.75) is 32.7 Å². The first-order valence-corrected chi connectivity index (χ1v) is 11.0. The average Bonchev–Trinajstić information content (AvgIpc) is 3.20. The molecule has 5 rings (SSSR count). The van der Waals surface area contributed by atoms with E-state index in [-0.39, 0.29) is 17.2 Å². The van der Waals surface area contributed by atoms with Crippen molar-refractivity contribution < 1.29 is 4.79 Å². The largest absolute Gasteiger partial charge is 0.378 e. The molecule has 0 radical (unpaired) electrons. The summed E-state index contributed by atoms with van der Waals surface area (Å²) in [7, 11) is 4.01. The maximum absolute atomic E-state index is 13.3. The van der Waals surface area contributed by atoms with Crippen molar-refractivity contribution in [3.05, 3.63) is 70.9 Å². The first-order valence-electron chi connectivity index (χ1n) is 11.0. The molecule has 1 aliphatic carbocycles. The Kier molecular flexibility index (Phi) is 4.82. The third kappa shape index (κ3) is 3.68. The Morgan fingerprint density at radius 1 is 1.09 bits per heavy atom. The molecule has 0 amide bonds.